The van der Waals surface area contributed by atoms with Crippen molar-refractivity contribution >= 4 is 11.3 Å². The van der Waals surface area contributed by atoms with Crippen LogP contribution in [0.15, 0.2) is 17.5 Å². The molecule has 0 spiro atoms. The van der Waals surface area contributed by atoms with Crippen LogP contribution >= 0.6 is 11.3 Å². The number of rotatable bonds is 7. The smallest absolute Gasteiger partial charge is 0.0112 e. The first-order chi connectivity index (χ1) is 9.25. The lowest BCUT2D eigenvalue weighted by Gasteiger charge is -2.27. The van der Waals surface area contributed by atoms with E-state index >= 15 is 0 Å². The van der Waals surface area contributed by atoms with E-state index in [-0.39, 0.29) is 0 Å². The van der Waals surface area contributed by atoms with Crippen LogP contribution in [0.3, 0.4) is 0 Å². The molecule has 1 N–H and O–H groups in total. The first-order valence-electron chi connectivity index (χ1n) is 7.71. The van der Waals surface area contributed by atoms with Gasteiger partial charge in [0.15, 0.2) is 0 Å². The molecule has 2 nitrogen and oxygen atoms in total. The van der Waals surface area contributed by atoms with E-state index < -0.39 is 0 Å². The largest absolute Gasteiger partial charge is 0.314 e. The second kappa shape index (κ2) is 8.03. The van der Waals surface area contributed by atoms with E-state index in [1.807, 2.05) is 11.3 Å². The Morgan fingerprint density at radius 2 is 2.37 bits per heavy atom. The quantitative estimate of drug-likeness (QED) is 0.822. The third-order valence-corrected chi connectivity index (χ3v) is 5.20. The van der Waals surface area contributed by atoms with Crippen LogP contribution in [0.25, 0.3) is 0 Å². The zero-order valence-electron chi connectivity index (χ0n) is 12.4. The molecule has 0 bridgehead atoms. The number of hydrogen-bond donors (Lipinski definition) is 1. The van der Waals surface area contributed by atoms with Crippen LogP contribution in [0.1, 0.15) is 43.9 Å². The Morgan fingerprint density at radius 1 is 1.47 bits per heavy atom. The van der Waals surface area contributed by atoms with Gasteiger partial charge in [0, 0.05) is 17.0 Å². The molecule has 0 amide bonds. The molecule has 1 saturated heterocycles. The lowest BCUT2D eigenvalue weighted by molar-refractivity contribution is 0.243. The fourth-order valence-electron chi connectivity index (χ4n) is 2.85. The minimum absolute atomic E-state index is 0.651. The monoisotopic (exact) mass is 280 g/mol. The Morgan fingerprint density at radius 3 is 3.05 bits per heavy atom. The van der Waals surface area contributed by atoms with Gasteiger partial charge in [0.2, 0.25) is 0 Å². The number of piperidine rings is 1. The Balaban J connectivity index is 1.61. The molecule has 0 saturated carbocycles. The number of nitrogens with one attached hydrogen (secondary N) is 1. The van der Waals surface area contributed by atoms with Crippen molar-refractivity contribution in [2.24, 2.45) is 0 Å². The SMILES string of the molecule is CC(Cc1cccs1)N(C)CCCC1CCCCN1. The number of thiophene rings is 1. The van der Waals surface area contributed by atoms with Crippen LogP contribution in [0.2, 0.25) is 0 Å². The molecule has 1 aliphatic rings. The van der Waals surface area contributed by atoms with Crippen LogP contribution in [0, 0.1) is 0 Å². The average molecular weight is 280 g/mol. The first kappa shape index (κ1) is 15.0. The van der Waals surface area contributed by atoms with Crippen molar-refractivity contribution in [2.75, 3.05) is 20.1 Å². The van der Waals surface area contributed by atoms with Crippen LogP contribution in [0.5, 0.6) is 0 Å². The molecular formula is C16H28N2S. The third kappa shape index (κ3) is 5.25. The van der Waals surface area contributed by atoms with Gasteiger partial charge in [0.05, 0.1) is 0 Å². The zero-order valence-corrected chi connectivity index (χ0v) is 13.2. The molecule has 3 heteroatoms. The van der Waals surface area contributed by atoms with Crippen LogP contribution < -0.4 is 5.32 Å². The molecule has 0 aromatic carbocycles. The summed E-state index contributed by atoms with van der Waals surface area (Å²) in [5, 5.41) is 5.82. The highest BCUT2D eigenvalue weighted by atomic mass is 32.1. The topological polar surface area (TPSA) is 15.3 Å². The number of hydrogen-bond acceptors (Lipinski definition) is 3. The van der Waals surface area contributed by atoms with E-state index in [0.29, 0.717) is 6.04 Å². The summed E-state index contributed by atoms with van der Waals surface area (Å²) in [5.74, 6) is 0. The second-order valence-corrected chi connectivity index (χ2v) is 6.93. The van der Waals surface area contributed by atoms with Gasteiger partial charge in [-0.2, -0.15) is 0 Å². The van der Waals surface area contributed by atoms with Gasteiger partial charge in [-0.1, -0.05) is 12.5 Å². The lowest BCUT2D eigenvalue weighted by atomic mass is 10.0. The molecule has 0 aliphatic carbocycles. The van der Waals surface area contributed by atoms with Crippen molar-refractivity contribution in [3.8, 4) is 0 Å². The molecule has 0 radical (unpaired) electrons. The van der Waals surface area contributed by atoms with E-state index in [9.17, 15) is 0 Å². The summed E-state index contributed by atoms with van der Waals surface area (Å²) < 4.78 is 0. The predicted octanol–water partition coefficient (Wildman–Crippen LogP) is 3.53. The lowest BCUT2D eigenvalue weighted by Crippen LogP contribution is -2.36. The second-order valence-electron chi connectivity index (χ2n) is 5.90. The van der Waals surface area contributed by atoms with Gasteiger partial charge in [-0.05, 0) is 70.6 Å². The van der Waals surface area contributed by atoms with Gasteiger partial charge >= 0.3 is 0 Å². The molecule has 19 heavy (non-hydrogen) atoms. The van der Waals surface area contributed by atoms with Crippen molar-refractivity contribution in [3.63, 3.8) is 0 Å². The fourth-order valence-corrected chi connectivity index (χ4v) is 3.68. The summed E-state index contributed by atoms with van der Waals surface area (Å²) in [7, 11) is 2.27. The Bertz CT molecular complexity index is 331. The first-order valence-corrected chi connectivity index (χ1v) is 8.59. The van der Waals surface area contributed by atoms with E-state index in [1.54, 1.807) is 0 Å². The normalized spacial score (nSPS) is 21.7. The predicted molar refractivity (Wildman–Crippen MR) is 85.0 cm³/mol. The standard InChI is InChI=1S/C16H28N2S/c1-14(13-16-9-6-12-19-16)18(2)11-5-8-15-7-3-4-10-17-15/h6,9,12,14-15,17H,3-5,7-8,10-11,13H2,1-2H3. The Labute approximate surface area is 122 Å². The molecule has 2 heterocycles. The molecule has 1 aromatic rings. The molecular weight excluding hydrogens is 252 g/mol. The highest BCUT2D eigenvalue weighted by Gasteiger charge is 2.14. The summed E-state index contributed by atoms with van der Waals surface area (Å²) in [6.07, 6.45) is 8.03. The molecule has 2 unspecified atom stereocenters. The highest BCUT2D eigenvalue weighted by molar-refractivity contribution is 7.09. The maximum absolute atomic E-state index is 3.64. The van der Waals surface area contributed by atoms with E-state index in [1.165, 1.54) is 56.5 Å². The van der Waals surface area contributed by atoms with Crippen molar-refractivity contribution in [1.82, 2.24) is 10.2 Å². The molecule has 2 atom stereocenters. The van der Waals surface area contributed by atoms with Crippen molar-refractivity contribution in [1.29, 1.82) is 0 Å². The number of nitrogens with zero attached hydrogens (tertiary/aromatic N) is 1. The van der Waals surface area contributed by atoms with Crippen LogP contribution in [-0.2, 0) is 6.42 Å². The summed E-state index contributed by atoms with van der Waals surface area (Å²) in [6, 6.07) is 5.84. The van der Waals surface area contributed by atoms with Crippen LogP contribution in [-0.4, -0.2) is 37.1 Å². The molecule has 1 aromatic heterocycles. The van der Waals surface area contributed by atoms with E-state index in [4.69, 9.17) is 0 Å². The maximum Gasteiger partial charge on any atom is 0.0112 e. The van der Waals surface area contributed by atoms with Gasteiger partial charge in [-0.15, -0.1) is 11.3 Å². The summed E-state index contributed by atoms with van der Waals surface area (Å²) >= 11 is 1.88. The summed E-state index contributed by atoms with van der Waals surface area (Å²) in [5.41, 5.74) is 0. The van der Waals surface area contributed by atoms with Crippen molar-refractivity contribution in [3.05, 3.63) is 22.4 Å². The maximum atomic E-state index is 3.64. The fraction of sp³-hybridized carbons (Fsp3) is 0.750. The molecule has 108 valence electrons. The van der Waals surface area contributed by atoms with Crippen molar-refractivity contribution < 1.29 is 0 Å². The van der Waals surface area contributed by atoms with Gasteiger partial charge < -0.3 is 10.2 Å². The summed E-state index contributed by atoms with van der Waals surface area (Å²) in [6.45, 7) is 4.80. The van der Waals surface area contributed by atoms with Gasteiger partial charge in [-0.3, -0.25) is 0 Å². The summed E-state index contributed by atoms with van der Waals surface area (Å²) in [4.78, 5) is 4.02. The van der Waals surface area contributed by atoms with Gasteiger partial charge in [0.25, 0.3) is 0 Å². The van der Waals surface area contributed by atoms with Gasteiger partial charge in [-0.25, -0.2) is 0 Å². The van der Waals surface area contributed by atoms with Crippen LogP contribution in [0.4, 0.5) is 0 Å². The third-order valence-electron chi connectivity index (χ3n) is 4.30. The molecule has 2 rings (SSSR count). The molecule has 1 aliphatic heterocycles. The Kier molecular flexibility index (Phi) is 6.35. The highest BCUT2D eigenvalue weighted by Crippen LogP contribution is 2.15. The Hall–Kier alpha value is -0.380. The van der Waals surface area contributed by atoms with E-state index in [0.717, 1.165) is 6.04 Å². The molecule has 1 fully saturated rings. The van der Waals surface area contributed by atoms with Gasteiger partial charge in [0.1, 0.15) is 0 Å². The minimum atomic E-state index is 0.651. The van der Waals surface area contributed by atoms with E-state index in [2.05, 4.69) is 41.7 Å². The number of likely N-dealkylation sites (N-methyl/N-ethyl adjacent to an activating group) is 1. The van der Waals surface area contributed by atoms with Crippen molar-refractivity contribution in [2.45, 2.75) is 57.5 Å². The average Bonchev–Trinajstić information content (AvgIpc) is 2.92. The minimum Gasteiger partial charge on any atom is -0.314 e. The zero-order chi connectivity index (χ0) is 13.5.